The maximum absolute atomic E-state index is 13.1. The predicted octanol–water partition coefficient (Wildman–Crippen LogP) is 7.53. The first-order chi connectivity index (χ1) is 18.4. The molecule has 0 spiro atoms. The zero-order valence-electron chi connectivity index (χ0n) is 21.0. The van der Waals surface area contributed by atoms with Gasteiger partial charge in [0.25, 0.3) is 10.0 Å². The third kappa shape index (κ3) is 5.86. The summed E-state index contributed by atoms with van der Waals surface area (Å²) in [5.41, 5.74) is 1.86. The first-order valence-electron chi connectivity index (χ1n) is 11.6. The summed E-state index contributed by atoms with van der Waals surface area (Å²) >= 11 is 19.3. The molecule has 0 aliphatic heterocycles. The van der Waals surface area contributed by atoms with Crippen LogP contribution in [0.1, 0.15) is 41.4 Å². The van der Waals surface area contributed by atoms with Crippen LogP contribution in [0, 0.1) is 0 Å². The summed E-state index contributed by atoms with van der Waals surface area (Å²) in [6.45, 7) is 3.98. The Bertz CT molecular complexity index is 1620. The monoisotopic (exact) mass is 608 g/mol. The minimum absolute atomic E-state index is 0.000461. The summed E-state index contributed by atoms with van der Waals surface area (Å²) in [6, 6.07) is 14.7. The fourth-order valence-electron chi connectivity index (χ4n) is 3.88. The standard InChI is InChI=1S/C27H23Cl3N2O6S/c1-15(2)26-19(25(31-38-26)24-20(28)5-4-6-21(24)29)14-37-17-9-12-23(22(30)13-17)32(3)39(35,36)18-10-7-16(8-11-18)27(33)34/h4-13,15H,14H2,1-3H3,(H,33,34). The van der Waals surface area contributed by atoms with Gasteiger partial charge in [0.1, 0.15) is 23.8 Å². The van der Waals surface area contributed by atoms with Crippen molar-refractivity contribution in [3.63, 3.8) is 0 Å². The Morgan fingerprint density at radius 3 is 2.23 bits per heavy atom. The highest BCUT2D eigenvalue weighted by Gasteiger charge is 2.25. The number of carboxylic acid groups (broad SMARTS) is 1. The molecule has 0 atom stereocenters. The third-order valence-corrected chi connectivity index (χ3v) is 8.66. The van der Waals surface area contributed by atoms with E-state index in [2.05, 4.69) is 5.16 Å². The predicted molar refractivity (Wildman–Crippen MR) is 151 cm³/mol. The fourth-order valence-corrected chi connectivity index (χ4v) is 6.02. The van der Waals surface area contributed by atoms with E-state index in [9.17, 15) is 13.2 Å². The van der Waals surface area contributed by atoms with Crippen LogP contribution >= 0.6 is 34.8 Å². The summed E-state index contributed by atoms with van der Waals surface area (Å²) in [6.07, 6.45) is 0. The first kappa shape index (κ1) is 28.8. The lowest BCUT2D eigenvalue weighted by Crippen LogP contribution is -2.26. The minimum Gasteiger partial charge on any atom is -0.489 e. The molecule has 8 nitrogen and oxygen atoms in total. The van der Waals surface area contributed by atoms with Gasteiger partial charge in [-0.2, -0.15) is 0 Å². The summed E-state index contributed by atoms with van der Waals surface area (Å²) in [5.74, 6) is -0.156. The Balaban J connectivity index is 1.59. The number of aromatic carboxylic acids is 1. The number of hydrogen-bond acceptors (Lipinski definition) is 6. The van der Waals surface area contributed by atoms with Gasteiger partial charge in [-0.15, -0.1) is 0 Å². The number of hydrogen-bond donors (Lipinski definition) is 1. The largest absolute Gasteiger partial charge is 0.489 e. The van der Waals surface area contributed by atoms with Gasteiger partial charge in [0.05, 0.1) is 36.8 Å². The van der Waals surface area contributed by atoms with Gasteiger partial charge in [-0.25, -0.2) is 13.2 Å². The van der Waals surface area contributed by atoms with Crippen LogP contribution < -0.4 is 9.04 Å². The van der Waals surface area contributed by atoms with E-state index in [4.69, 9.17) is 49.2 Å². The average Bonchev–Trinajstić information content (AvgIpc) is 3.31. The maximum Gasteiger partial charge on any atom is 0.335 e. The number of sulfonamides is 1. The molecule has 0 aliphatic rings. The molecule has 0 radical (unpaired) electrons. The molecule has 39 heavy (non-hydrogen) atoms. The molecule has 0 bridgehead atoms. The summed E-state index contributed by atoms with van der Waals surface area (Å²) in [4.78, 5) is 11.0. The molecule has 204 valence electrons. The molecule has 0 unspecified atom stereocenters. The number of carbonyl (C=O) groups is 1. The summed E-state index contributed by atoms with van der Waals surface area (Å²) < 4.78 is 38.9. The van der Waals surface area contributed by atoms with Crippen molar-refractivity contribution in [3.05, 3.63) is 92.6 Å². The normalized spacial score (nSPS) is 11.6. The molecule has 0 aliphatic carbocycles. The lowest BCUT2D eigenvalue weighted by atomic mass is 10.0. The van der Waals surface area contributed by atoms with Gasteiger partial charge in [-0.3, -0.25) is 4.31 Å². The third-order valence-electron chi connectivity index (χ3n) is 5.94. The lowest BCUT2D eigenvalue weighted by molar-refractivity contribution is 0.0696. The van der Waals surface area contributed by atoms with E-state index in [1.807, 2.05) is 13.8 Å². The summed E-state index contributed by atoms with van der Waals surface area (Å²) in [7, 11) is -2.65. The number of nitrogens with zero attached hydrogens (tertiary/aromatic N) is 2. The van der Waals surface area contributed by atoms with Gasteiger partial charge >= 0.3 is 5.97 Å². The molecule has 4 aromatic rings. The zero-order valence-corrected chi connectivity index (χ0v) is 24.1. The Morgan fingerprint density at radius 2 is 1.67 bits per heavy atom. The first-order valence-corrected chi connectivity index (χ1v) is 14.2. The van der Waals surface area contributed by atoms with Crippen LogP contribution in [0.3, 0.4) is 0 Å². The van der Waals surface area contributed by atoms with E-state index in [-0.39, 0.29) is 33.7 Å². The molecule has 3 aromatic carbocycles. The van der Waals surface area contributed by atoms with Crippen LogP contribution in [-0.4, -0.2) is 31.7 Å². The van der Waals surface area contributed by atoms with Crippen LogP contribution in [0.2, 0.25) is 15.1 Å². The van der Waals surface area contributed by atoms with E-state index in [0.29, 0.717) is 38.4 Å². The minimum atomic E-state index is -4.01. The quantitative estimate of drug-likeness (QED) is 0.209. The smallest absolute Gasteiger partial charge is 0.335 e. The lowest BCUT2D eigenvalue weighted by Gasteiger charge is -2.21. The van der Waals surface area contributed by atoms with E-state index >= 15 is 0 Å². The Morgan fingerprint density at radius 1 is 1.03 bits per heavy atom. The van der Waals surface area contributed by atoms with Crippen LogP contribution in [0.15, 0.2) is 70.1 Å². The van der Waals surface area contributed by atoms with Crippen LogP contribution in [0.4, 0.5) is 5.69 Å². The number of anilines is 1. The van der Waals surface area contributed by atoms with Gasteiger partial charge in [0.2, 0.25) is 0 Å². The SMILES string of the molecule is CC(C)c1onc(-c2c(Cl)cccc2Cl)c1COc1ccc(N(C)S(=O)(=O)c2ccc(C(=O)O)cc2)c(Cl)c1. The zero-order chi connectivity index (χ0) is 28.5. The van der Waals surface area contributed by atoms with E-state index in [0.717, 1.165) is 4.31 Å². The second kappa shape index (κ2) is 11.5. The molecular formula is C27H23Cl3N2O6S. The molecule has 0 amide bonds. The van der Waals surface area contributed by atoms with Crippen molar-refractivity contribution in [2.45, 2.75) is 31.3 Å². The van der Waals surface area contributed by atoms with Gasteiger partial charge in [0, 0.05) is 24.6 Å². The van der Waals surface area contributed by atoms with E-state index in [1.54, 1.807) is 24.3 Å². The fraction of sp³-hybridized carbons (Fsp3) is 0.185. The highest BCUT2D eigenvalue weighted by Crippen LogP contribution is 2.39. The highest BCUT2D eigenvalue weighted by molar-refractivity contribution is 7.92. The van der Waals surface area contributed by atoms with Gasteiger partial charge < -0.3 is 14.4 Å². The molecule has 12 heteroatoms. The molecular weight excluding hydrogens is 587 g/mol. The average molecular weight is 610 g/mol. The van der Waals surface area contributed by atoms with Crippen LogP contribution in [0.5, 0.6) is 5.75 Å². The van der Waals surface area contributed by atoms with Gasteiger partial charge in [0.15, 0.2) is 0 Å². The van der Waals surface area contributed by atoms with Crippen molar-refractivity contribution in [2.75, 3.05) is 11.4 Å². The Kier molecular flexibility index (Phi) is 8.46. The number of rotatable bonds is 9. The van der Waals surface area contributed by atoms with Crippen molar-refractivity contribution in [1.82, 2.24) is 5.16 Å². The van der Waals surface area contributed by atoms with Crippen molar-refractivity contribution >= 4 is 56.5 Å². The molecule has 0 saturated heterocycles. The molecule has 1 N–H and O–H groups in total. The van der Waals surface area contributed by atoms with Gasteiger partial charge in [-0.1, -0.05) is 59.9 Å². The van der Waals surface area contributed by atoms with Crippen molar-refractivity contribution in [2.24, 2.45) is 0 Å². The van der Waals surface area contributed by atoms with Crippen molar-refractivity contribution in [3.8, 4) is 17.0 Å². The van der Waals surface area contributed by atoms with Crippen LogP contribution in [-0.2, 0) is 16.6 Å². The topological polar surface area (TPSA) is 110 Å². The number of benzene rings is 3. The van der Waals surface area contributed by atoms with E-state index in [1.165, 1.54) is 43.4 Å². The molecule has 0 fully saturated rings. The summed E-state index contributed by atoms with van der Waals surface area (Å²) in [5, 5.41) is 14.2. The molecule has 4 rings (SSSR count). The molecule has 1 heterocycles. The second-order valence-electron chi connectivity index (χ2n) is 8.83. The van der Waals surface area contributed by atoms with Crippen molar-refractivity contribution < 1.29 is 27.6 Å². The van der Waals surface area contributed by atoms with Crippen molar-refractivity contribution in [1.29, 1.82) is 0 Å². The number of ether oxygens (including phenoxy) is 1. The highest BCUT2D eigenvalue weighted by atomic mass is 35.5. The number of aromatic nitrogens is 1. The number of halogens is 3. The Labute approximate surface area is 240 Å². The maximum atomic E-state index is 13.1. The molecule has 0 saturated carbocycles. The van der Waals surface area contributed by atoms with Gasteiger partial charge in [-0.05, 0) is 48.5 Å². The Hall–Kier alpha value is -3.24. The second-order valence-corrected chi connectivity index (χ2v) is 12.0. The van der Waals surface area contributed by atoms with E-state index < -0.39 is 16.0 Å². The van der Waals surface area contributed by atoms with Crippen LogP contribution in [0.25, 0.3) is 11.3 Å². The number of carboxylic acids is 1. The molecule has 1 aromatic heterocycles.